The predicted molar refractivity (Wildman–Crippen MR) is 130 cm³/mol. The highest BCUT2D eigenvalue weighted by Crippen LogP contribution is 2.48. The van der Waals surface area contributed by atoms with Gasteiger partial charge in [-0.1, -0.05) is 29.8 Å². The smallest absolute Gasteiger partial charge is 0.254 e. The Balaban J connectivity index is 1.51. The molecular formula is C28H32N2O4. The standard InChI is InChI=1S/C28H32N2O4/c1-33-23-16-19-13-15-30-26(22(19)17-24(23)34-2)25(20-10-6-7-11-21(20)28(30)32)27(31)29-14-12-18-8-4-3-5-9-18/h6-8,10-11,16-17,25-26H,3-5,9,12-15H2,1-2H3,(H,29,31)/t25-,26+/m1/s1. The molecule has 2 aromatic carbocycles. The quantitative estimate of drug-likeness (QED) is 0.643. The number of hydrogen-bond donors (Lipinski definition) is 1. The molecule has 0 bridgehead atoms. The fraction of sp³-hybridized carbons (Fsp3) is 0.429. The zero-order valence-corrected chi connectivity index (χ0v) is 19.9. The Labute approximate surface area is 200 Å². The molecule has 2 aromatic rings. The van der Waals surface area contributed by atoms with Gasteiger partial charge in [0.2, 0.25) is 5.91 Å². The Hall–Kier alpha value is -3.28. The number of hydrogen-bond acceptors (Lipinski definition) is 4. The van der Waals surface area contributed by atoms with E-state index in [1.165, 1.54) is 18.4 Å². The molecule has 0 radical (unpaired) electrons. The molecule has 3 aliphatic rings. The number of rotatable bonds is 6. The average Bonchev–Trinajstić information content (AvgIpc) is 2.88. The van der Waals surface area contributed by atoms with E-state index in [1.807, 2.05) is 41.3 Å². The van der Waals surface area contributed by atoms with Gasteiger partial charge in [-0.2, -0.15) is 0 Å². The van der Waals surface area contributed by atoms with Crippen molar-refractivity contribution in [2.75, 3.05) is 27.3 Å². The van der Waals surface area contributed by atoms with Crippen LogP contribution in [-0.4, -0.2) is 44.0 Å². The average molecular weight is 461 g/mol. The van der Waals surface area contributed by atoms with Gasteiger partial charge in [0.25, 0.3) is 5.91 Å². The second-order valence-corrected chi connectivity index (χ2v) is 9.31. The Bertz CT molecular complexity index is 1140. The lowest BCUT2D eigenvalue weighted by atomic mass is 9.75. The van der Waals surface area contributed by atoms with Gasteiger partial charge in [0.05, 0.1) is 26.2 Å². The molecule has 0 unspecified atom stereocenters. The van der Waals surface area contributed by atoms with E-state index in [4.69, 9.17) is 9.47 Å². The van der Waals surface area contributed by atoms with Crippen LogP contribution in [0.15, 0.2) is 48.0 Å². The second kappa shape index (κ2) is 9.53. The lowest BCUT2D eigenvalue weighted by Gasteiger charge is -2.45. The molecule has 5 rings (SSSR count). The SMILES string of the molecule is COc1cc2c(cc1OC)[C@H]1[C@H](C(=O)NCCC3=CCCCC3)c3ccccc3C(=O)N1CC2. The monoisotopic (exact) mass is 460 g/mol. The summed E-state index contributed by atoms with van der Waals surface area (Å²) in [6, 6.07) is 11.1. The number of carbonyl (C=O) groups excluding carboxylic acids is 2. The van der Waals surface area contributed by atoms with Crippen molar-refractivity contribution in [1.82, 2.24) is 10.2 Å². The number of carbonyl (C=O) groups is 2. The largest absolute Gasteiger partial charge is 0.493 e. The van der Waals surface area contributed by atoms with Crippen LogP contribution in [0.1, 0.15) is 71.1 Å². The Kier molecular flexibility index (Phi) is 6.31. The van der Waals surface area contributed by atoms with E-state index in [1.54, 1.807) is 14.2 Å². The van der Waals surface area contributed by atoms with Crippen molar-refractivity contribution in [1.29, 1.82) is 0 Å². The van der Waals surface area contributed by atoms with Gasteiger partial charge < -0.3 is 19.7 Å². The molecule has 2 atom stereocenters. The van der Waals surface area contributed by atoms with Crippen molar-refractivity contribution in [3.8, 4) is 11.5 Å². The first-order valence-corrected chi connectivity index (χ1v) is 12.2. The zero-order chi connectivity index (χ0) is 23.7. The van der Waals surface area contributed by atoms with Crippen LogP contribution in [0.2, 0.25) is 0 Å². The van der Waals surface area contributed by atoms with Crippen molar-refractivity contribution < 1.29 is 19.1 Å². The van der Waals surface area contributed by atoms with E-state index >= 15 is 0 Å². The van der Waals surface area contributed by atoms with Gasteiger partial charge in [0, 0.05) is 18.7 Å². The first-order valence-electron chi connectivity index (χ1n) is 12.2. The zero-order valence-electron chi connectivity index (χ0n) is 19.9. The lowest BCUT2D eigenvalue weighted by molar-refractivity contribution is -0.124. The van der Waals surface area contributed by atoms with Gasteiger partial charge in [-0.05, 0) is 73.4 Å². The van der Waals surface area contributed by atoms with Gasteiger partial charge in [-0.3, -0.25) is 9.59 Å². The molecule has 34 heavy (non-hydrogen) atoms. The van der Waals surface area contributed by atoms with Crippen molar-refractivity contribution in [3.05, 3.63) is 70.3 Å². The summed E-state index contributed by atoms with van der Waals surface area (Å²) in [5.74, 6) is 0.745. The first-order chi connectivity index (χ1) is 16.6. The molecule has 2 aliphatic heterocycles. The highest BCUT2D eigenvalue weighted by Gasteiger charge is 2.46. The van der Waals surface area contributed by atoms with Crippen LogP contribution in [0.3, 0.4) is 0 Å². The van der Waals surface area contributed by atoms with Crippen LogP contribution in [0.5, 0.6) is 11.5 Å². The minimum absolute atomic E-state index is 0.0163. The first kappa shape index (κ1) is 22.5. The van der Waals surface area contributed by atoms with Crippen LogP contribution in [-0.2, 0) is 11.2 Å². The van der Waals surface area contributed by atoms with E-state index in [2.05, 4.69) is 11.4 Å². The topological polar surface area (TPSA) is 67.9 Å². The van der Waals surface area contributed by atoms with Crippen LogP contribution in [0, 0.1) is 0 Å². The number of methoxy groups -OCH3 is 2. The number of nitrogens with one attached hydrogen (secondary N) is 1. The van der Waals surface area contributed by atoms with E-state index in [9.17, 15) is 9.59 Å². The normalized spacial score (nSPS) is 21.1. The van der Waals surface area contributed by atoms with Gasteiger partial charge in [-0.15, -0.1) is 0 Å². The highest BCUT2D eigenvalue weighted by molar-refractivity contribution is 6.01. The number of nitrogens with zero attached hydrogens (tertiary/aromatic N) is 1. The van der Waals surface area contributed by atoms with Gasteiger partial charge in [-0.25, -0.2) is 0 Å². The van der Waals surface area contributed by atoms with E-state index < -0.39 is 5.92 Å². The predicted octanol–water partition coefficient (Wildman–Crippen LogP) is 4.55. The summed E-state index contributed by atoms with van der Waals surface area (Å²) in [6.45, 7) is 1.18. The van der Waals surface area contributed by atoms with Crippen molar-refractivity contribution >= 4 is 11.8 Å². The summed E-state index contributed by atoms with van der Waals surface area (Å²) in [6.07, 6.45) is 8.67. The fourth-order valence-corrected chi connectivity index (χ4v) is 5.72. The van der Waals surface area contributed by atoms with Crippen LogP contribution < -0.4 is 14.8 Å². The molecule has 2 amide bonds. The molecule has 6 heteroatoms. The Morgan fingerprint density at radius 2 is 1.85 bits per heavy atom. The number of amides is 2. The van der Waals surface area contributed by atoms with E-state index in [0.29, 0.717) is 36.6 Å². The van der Waals surface area contributed by atoms with Crippen LogP contribution in [0.4, 0.5) is 0 Å². The third-order valence-electron chi connectivity index (χ3n) is 7.44. The number of ether oxygens (including phenoxy) is 2. The molecule has 1 N–H and O–H groups in total. The van der Waals surface area contributed by atoms with Crippen molar-refractivity contribution in [3.63, 3.8) is 0 Å². The van der Waals surface area contributed by atoms with Gasteiger partial charge in [0.15, 0.2) is 11.5 Å². The van der Waals surface area contributed by atoms with E-state index in [-0.39, 0.29) is 17.9 Å². The summed E-state index contributed by atoms with van der Waals surface area (Å²) >= 11 is 0. The Morgan fingerprint density at radius 1 is 1.06 bits per heavy atom. The molecule has 0 spiro atoms. The molecule has 6 nitrogen and oxygen atoms in total. The molecule has 0 fully saturated rings. The lowest BCUT2D eigenvalue weighted by Crippen LogP contribution is -2.50. The van der Waals surface area contributed by atoms with Crippen molar-refractivity contribution in [2.45, 2.75) is 50.5 Å². The number of allylic oxidation sites excluding steroid dienone is 1. The maximum absolute atomic E-state index is 13.7. The van der Waals surface area contributed by atoms with Crippen LogP contribution >= 0.6 is 0 Å². The molecule has 0 aromatic heterocycles. The minimum Gasteiger partial charge on any atom is -0.493 e. The molecule has 1 aliphatic carbocycles. The fourth-order valence-electron chi connectivity index (χ4n) is 5.72. The maximum Gasteiger partial charge on any atom is 0.254 e. The summed E-state index contributed by atoms with van der Waals surface area (Å²) in [4.78, 5) is 29.1. The van der Waals surface area contributed by atoms with Crippen molar-refractivity contribution in [2.24, 2.45) is 0 Å². The minimum atomic E-state index is -0.480. The van der Waals surface area contributed by atoms with Gasteiger partial charge >= 0.3 is 0 Å². The molecule has 178 valence electrons. The van der Waals surface area contributed by atoms with Crippen LogP contribution in [0.25, 0.3) is 0 Å². The summed E-state index contributed by atoms with van der Waals surface area (Å²) in [7, 11) is 3.23. The molecule has 2 heterocycles. The number of benzene rings is 2. The molecular weight excluding hydrogens is 428 g/mol. The highest BCUT2D eigenvalue weighted by atomic mass is 16.5. The van der Waals surface area contributed by atoms with E-state index in [0.717, 1.165) is 36.0 Å². The summed E-state index contributed by atoms with van der Waals surface area (Å²) < 4.78 is 11.1. The second-order valence-electron chi connectivity index (χ2n) is 9.31. The maximum atomic E-state index is 13.7. The molecule has 0 saturated carbocycles. The van der Waals surface area contributed by atoms with Gasteiger partial charge in [0.1, 0.15) is 0 Å². The number of fused-ring (bicyclic) bond motifs is 4. The Morgan fingerprint density at radius 3 is 2.62 bits per heavy atom. The third-order valence-corrected chi connectivity index (χ3v) is 7.44. The summed E-state index contributed by atoms with van der Waals surface area (Å²) in [5, 5.41) is 3.20. The third kappa shape index (κ3) is 3.95. The summed E-state index contributed by atoms with van der Waals surface area (Å²) in [5.41, 5.74) is 4.91. The molecule has 0 saturated heterocycles.